The van der Waals surface area contributed by atoms with Gasteiger partial charge in [0.1, 0.15) is 17.1 Å². The Labute approximate surface area is 209 Å². The standard InChI is InChI=1S/C27H41N3O5/c1-9-21-19(16-20(33-7)17-22(21)34-8)18-29-23(10-2)27(30(11-3)24(29)31)12-14-28(15-13-27)25(32)35-26(4,5)6/h10,16-17H,9,11-15,18H2,1-8H3/b23-10-. The van der Waals surface area contributed by atoms with Crippen LogP contribution in [0.3, 0.4) is 0 Å². The van der Waals surface area contributed by atoms with E-state index >= 15 is 0 Å². The van der Waals surface area contributed by atoms with Gasteiger partial charge in [-0.1, -0.05) is 13.0 Å². The maximum Gasteiger partial charge on any atom is 0.410 e. The molecule has 0 N–H and O–H groups in total. The first kappa shape index (κ1) is 26.7. The summed E-state index contributed by atoms with van der Waals surface area (Å²) in [6, 6.07) is 3.88. The first-order valence-corrected chi connectivity index (χ1v) is 12.5. The van der Waals surface area contributed by atoms with E-state index in [0.29, 0.717) is 44.8 Å². The molecule has 2 aliphatic rings. The largest absolute Gasteiger partial charge is 0.497 e. The lowest BCUT2D eigenvalue weighted by molar-refractivity contribution is 0.0113. The van der Waals surface area contributed by atoms with E-state index in [1.165, 1.54) is 0 Å². The topological polar surface area (TPSA) is 71.6 Å². The molecule has 2 aliphatic heterocycles. The molecule has 2 saturated heterocycles. The number of ether oxygens (including phenoxy) is 3. The molecule has 0 unspecified atom stereocenters. The van der Waals surface area contributed by atoms with Crippen molar-refractivity contribution in [1.82, 2.24) is 14.7 Å². The summed E-state index contributed by atoms with van der Waals surface area (Å²) in [5, 5.41) is 0. The maximum atomic E-state index is 13.7. The van der Waals surface area contributed by atoms with E-state index in [4.69, 9.17) is 14.2 Å². The van der Waals surface area contributed by atoms with Crippen LogP contribution >= 0.6 is 0 Å². The second-order valence-corrected chi connectivity index (χ2v) is 10.1. The summed E-state index contributed by atoms with van der Waals surface area (Å²) >= 11 is 0. The third-order valence-corrected chi connectivity index (χ3v) is 6.99. The maximum absolute atomic E-state index is 13.7. The van der Waals surface area contributed by atoms with Crippen LogP contribution < -0.4 is 9.47 Å². The number of likely N-dealkylation sites (N-methyl/N-ethyl adjacent to an activating group) is 1. The molecule has 3 amide bonds. The van der Waals surface area contributed by atoms with Gasteiger partial charge in [0.25, 0.3) is 0 Å². The lowest BCUT2D eigenvalue weighted by Gasteiger charge is -2.44. The molecule has 194 valence electrons. The van der Waals surface area contributed by atoms with Crippen LogP contribution in [0.1, 0.15) is 65.5 Å². The third kappa shape index (κ3) is 5.07. The van der Waals surface area contributed by atoms with Gasteiger partial charge in [0.05, 0.1) is 26.3 Å². The molecule has 0 aromatic heterocycles. The van der Waals surface area contributed by atoms with Crippen LogP contribution in [0.2, 0.25) is 0 Å². The summed E-state index contributed by atoms with van der Waals surface area (Å²) in [4.78, 5) is 32.0. The molecule has 0 radical (unpaired) electrons. The molecule has 1 aromatic rings. The van der Waals surface area contributed by atoms with Gasteiger partial charge in [-0.05, 0) is 71.1 Å². The lowest BCUT2D eigenvalue weighted by Crippen LogP contribution is -2.55. The number of methoxy groups -OCH3 is 2. The Balaban J connectivity index is 1.91. The number of hydrogen-bond donors (Lipinski definition) is 0. The number of amides is 3. The van der Waals surface area contributed by atoms with Gasteiger partial charge in [-0.25, -0.2) is 9.59 Å². The summed E-state index contributed by atoms with van der Waals surface area (Å²) in [6.07, 6.45) is 3.88. The molecule has 0 atom stereocenters. The minimum Gasteiger partial charge on any atom is -0.497 e. The van der Waals surface area contributed by atoms with Gasteiger partial charge in [-0.3, -0.25) is 4.90 Å². The van der Waals surface area contributed by atoms with E-state index in [9.17, 15) is 9.59 Å². The van der Waals surface area contributed by atoms with E-state index in [-0.39, 0.29) is 12.1 Å². The van der Waals surface area contributed by atoms with Crippen molar-refractivity contribution in [2.24, 2.45) is 0 Å². The van der Waals surface area contributed by atoms with Gasteiger partial charge in [-0.15, -0.1) is 0 Å². The third-order valence-electron chi connectivity index (χ3n) is 6.99. The van der Waals surface area contributed by atoms with Crippen molar-refractivity contribution >= 4 is 12.1 Å². The molecular weight excluding hydrogens is 446 g/mol. The van der Waals surface area contributed by atoms with Gasteiger partial charge < -0.3 is 24.0 Å². The van der Waals surface area contributed by atoms with Crippen molar-refractivity contribution in [3.8, 4) is 11.5 Å². The number of rotatable bonds is 6. The fraction of sp³-hybridized carbons (Fsp3) is 0.630. The normalized spacial score (nSPS) is 19.0. The predicted molar refractivity (Wildman–Crippen MR) is 136 cm³/mol. The number of urea groups is 1. The molecule has 2 heterocycles. The van der Waals surface area contributed by atoms with E-state index in [0.717, 1.165) is 29.0 Å². The van der Waals surface area contributed by atoms with Gasteiger partial charge in [0.2, 0.25) is 0 Å². The van der Waals surface area contributed by atoms with Crippen LogP contribution in [0.15, 0.2) is 23.9 Å². The number of benzene rings is 1. The molecule has 1 aromatic carbocycles. The highest BCUT2D eigenvalue weighted by Gasteiger charge is 2.54. The van der Waals surface area contributed by atoms with Crippen molar-refractivity contribution in [1.29, 1.82) is 0 Å². The van der Waals surface area contributed by atoms with E-state index < -0.39 is 11.1 Å². The number of piperidine rings is 1. The highest BCUT2D eigenvalue weighted by atomic mass is 16.6. The zero-order chi connectivity index (χ0) is 26.0. The molecule has 0 bridgehead atoms. The Hall–Kier alpha value is -2.90. The average Bonchev–Trinajstić information content (AvgIpc) is 3.03. The van der Waals surface area contributed by atoms with Gasteiger partial charge in [0, 0.05) is 31.4 Å². The van der Waals surface area contributed by atoms with Crippen molar-refractivity contribution in [3.05, 3.63) is 35.0 Å². The molecule has 0 saturated carbocycles. The van der Waals surface area contributed by atoms with Crippen molar-refractivity contribution in [2.75, 3.05) is 33.9 Å². The summed E-state index contributed by atoms with van der Waals surface area (Å²) in [6.45, 7) is 13.8. The summed E-state index contributed by atoms with van der Waals surface area (Å²) in [7, 11) is 3.29. The number of hydrogen-bond acceptors (Lipinski definition) is 5. The Kier molecular flexibility index (Phi) is 7.92. The van der Waals surface area contributed by atoms with Crippen LogP contribution in [0.25, 0.3) is 0 Å². The Bertz CT molecular complexity index is 974. The average molecular weight is 488 g/mol. The van der Waals surface area contributed by atoms with Crippen LogP contribution in [-0.4, -0.2) is 71.8 Å². The Morgan fingerprint density at radius 1 is 1.11 bits per heavy atom. The van der Waals surface area contributed by atoms with Crippen LogP contribution in [0.5, 0.6) is 11.5 Å². The van der Waals surface area contributed by atoms with Crippen LogP contribution in [-0.2, 0) is 17.7 Å². The molecule has 8 nitrogen and oxygen atoms in total. The zero-order valence-corrected chi connectivity index (χ0v) is 22.6. The quantitative estimate of drug-likeness (QED) is 0.552. The highest BCUT2D eigenvalue weighted by molar-refractivity contribution is 5.82. The monoisotopic (exact) mass is 487 g/mol. The lowest BCUT2D eigenvalue weighted by atomic mass is 9.83. The van der Waals surface area contributed by atoms with E-state index in [2.05, 4.69) is 13.0 Å². The van der Waals surface area contributed by atoms with Crippen LogP contribution in [0.4, 0.5) is 9.59 Å². The number of likely N-dealkylation sites (tertiary alicyclic amines) is 1. The molecule has 0 aliphatic carbocycles. The summed E-state index contributed by atoms with van der Waals surface area (Å²) in [5.41, 5.74) is 2.10. The van der Waals surface area contributed by atoms with Gasteiger partial charge in [0.15, 0.2) is 0 Å². The van der Waals surface area contributed by atoms with Gasteiger partial charge >= 0.3 is 12.1 Å². The summed E-state index contributed by atoms with van der Waals surface area (Å²) in [5.74, 6) is 1.47. The molecule has 8 heteroatoms. The number of allylic oxidation sites excluding steroid dienone is 1. The van der Waals surface area contributed by atoms with E-state index in [1.54, 1.807) is 19.1 Å². The SMILES string of the molecule is C/C=C1\N(Cc2cc(OC)cc(OC)c2CC)C(=O)N(CC)C12CCN(C(=O)OC(C)(C)C)CC2. The Morgan fingerprint density at radius 2 is 1.77 bits per heavy atom. The number of carbonyl (C=O) groups excluding carboxylic acids is 2. The number of carbonyl (C=O) groups is 2. The highest BCUT2D eigenvalue weighted by Crippen LogP contribution is 2.45. The first-order chi connectivity index (χ1) is 16.5. The minimum absolute atomic E-state index is 0.00448. The molecule has 2 fully saturated rings. The molecule has 3 rings (SSSR count). The smallest absolute Gasteiger partial charge is 0.410 e. The van der Waals surface area contributed by atoms with Gasteiger partial charge in [-0.2, -0.15) is 0 Å². The second kappa shape index (κ2) is 10.4. The molecule has 35 heavy (non-hydrogen) atoms. The fourth-order valence-corrected chi connectivity index (χ4v) is 5.44. The van der Waals surface area contributed by atoms with E-state index in [1.807, 2.05) is 56.6 Å². The summed E-state index contributed by atoms with van der Waals surface area (Å²) < 4.78 is 16.7. The fourth-order valence-electron chi connectivity index (χ4n) is 5.44. The first-order valence-electron chi connectivity index (χ1n) is 12.5. The zero-order valence-electron chi connectivity index (χ0n) is 22.6. The van der Waals surface area contributed by atoms with Crippen molar-refractivity contribution < 1.29 is 23.8 Å². The Morgan fingerprint density at radius 3 is 2.26 bits per heavy atom. The second-order valence-electron chi connectivity index (χ2n) is 10.1. The van der Waals surface area contributed by atoms with Crippen molar-refractivity contribution in [3.63, 3.8) is 0 Å². The molecule has 1 spiro atoms. The molecular formula is C27H41N3O5. The minimum atomic E-state index is -0.537. The predicted octanol–water partition coefficient (Wildman–Crippen LogP) is 5.20. The van der Waals surface area contributed by atoms with Crippen molar-refractivity contribution in [2.45, 2.75) is 78.5 Å². The van der Waals surface area contributed by atoms with Crippen LogP contribution in [0, 0.1) is 0 Å². The number of nitrogens with zero attached hydrogens (tertiary/aromatic N) is 3.